The molecule has 9 nitrogen and oxygen atoms in total. The molecule has 0 aliphatic heterocycles. The van der Waals surface area contributed by atoms with Crippen LogP contribution in [0.4, 0.5) is 10.8 Å². The summed E-state index contributed by atoms with van der Waals surface area (Å²) in [5.74, 6) is 0.261. The van der Waals surface area contributed by atoms with Gasteiger partial charge in [0.15, 0.2) is 16.1 Å². The lowest BCUT2D eigenvalue weighted by molar-refractivity contribution is -0.384. The number of anilines is 1. The second-order valence-corrected chi connectivity index (χ2v) is 10.3. The normalized spacial score (nSPS) is 10.8. The lowest BCUT2D eigenvalue weighted by Crippen LogP contribution is -2.14. The van der Waals surface area contributed by atoms with Gasteiger partial charge in [0.05, 0.1) is 10.7 Å². The fourth-order valence-corrected chi connectivity index (χ4v) is 5.24. The number of hydrogen-bond donors (Lipinski definition) is 1. The fourth-order valence-electron chi connectivity index (χ4n) is 3.26. The Morgan fingerprint density at radius 2 is 2.08 bits per heavy atom. The molecule has 4 rings (SSSR count). The second kappa shape index (κ2) is 11.7. The highest BCUT2D eigenvalue weighted by Crippen LogP contribution is 2.29. The van der Waals surface area contributed by atoms with Crippen LogP contribution in [-0.2, 0) is 17.8 Å². The Bertz CT molecular complexity index is 1440. The van der Waals surface area contributed by atoms with Crippen LogP contribution < -0.4 is 5.32 Å². The maximum Gasteiger partial charge on any atom is 0.270 e. The third-order valence-corrected chi connectivity index (χ3v) is 7.33. The quantitative estimate of drug-likeness (QED) is 0.107. The maximum absolute atomic E-state index is 12.6. The van der Waals surface area contributed by atoms with Crippen LogP contribution in [0.3, 0.4) is 0 Å². The van der Waals surface area contributed by atoms with Gasteiger partial charge in [-0.15, -0.1) is 28.1 Å². The number of benzene rings is 2. The Morgan fingerprint density at radius 1 is 1.25 bits per heavy atom. The predicted octanol–water partition coefficient (Wildman–Crippen LogP) is 6.12. The first kappa shape index (κ1) is 25.8. The molecule has 0 aliphatic rings. The average Bonchev–Trinajstić information content (AvgIpc) is 3.47. The molecule has 0 spiro atoms. The Labute approximate surface area is 224 Å². The Morgan fingerprint density at radius 3 is 2.86 bits per heavy atom. The van der Waals surface area contributed by atoms with Crippen LogP contribution in [0.5, 0.6) is 0 Å². The van der Waals surface area contributed by atoms with Crippen molar-refractivity contribution in [3.63, 3.8) is 0 Å². The average molecular weight is 561 g/mol. The number of carbonyl (C=O) groups is 1. The number of thioether (sulfide) groups is 1. The summed E-state index contributed by atoms with van der Waals surface area (Å²) in [5.41, 5.74) is 1.38. The zero-order valence-corrected chi connectivity index (χ0v) is 21.7. The maximum atomic E-state index is 12.6. The Balaban J connectivity index is 1.41. The van der Waals surface area contributed by atoms with Gasteiger partial charge in [-0.2, -0.15) is 0 Å². The first-order valence-corrected chi connectivity index (χ1v) is 13.0. The van der Waals surface area contributed by atoms with Crippen molar-refractivity contribution in [3.8, 4) is 11.4 Å². The molecule has 2 aromatic heterocycles. The zero-order chi connectivity index (χ0) is 25.7. The van der Waals surface area contributed by atoms with E-state index in [1.54, 1.807) is 47.2 Å². The van der Waals surface area contributed by atoms with Crippen LogP contribution in [0, 0.1) is 10.1 Å². The molecular weight excluding hydrogens is 543 g/mol. The first-order chi connectivity index (χ1) is 17.3. The predicted molar refractivity (Wildman–Crippen MR) is 143 cm³/mol. The number of allylic oxidation sites excluding steroid dienone is 1. The largest absolute Gasteiger partial charge is 0.301 e. The minimum atomic E-state index is -0.467. The van der Waals surface area contributed by atoms with Crippen LogP contribution >= 0.6 is 46.3 Å². The molecule has 36 heavy (non-hydrogen) atoms. The minimum Gasteiger partial charge on any atom is -0.301 e. The van der Waals surface area contributed by atoms with Gasteiger partial charge in [-0.05, 0) is 23.8 Å². The van der Waals surface area contributed by atoms with Crippen LogP contribution in [0.1, 0.15) is 10.4 Å². The molecule has 1 amide bonds. The highest BCUT2D eigenvalue weighted by atomic mass is 35.5. The van der Waals surface area contributed by atoms with Crippen molar-refractivity contribution in [2.45, 2.75) is 18.1 Å². The van der Waals surface area contributed by atoms with E-state index in [2.05, 4.69) is 27.1 Å². The smallest absolute Gasteiger partial charge is 0.270 e. The van der Waals surface area contributed by atoms with E-state index < -0.39 is 4.92 Å². The van der Waals surface area contributed by atoms with Crippen LogP contribution in [0.2, 0.25) is 10.0 Å². The van der Waals surface area contributed by atoms with Crippen molar-refractivity contribution in [2.24, 2.45) is 0 Å². The fraction of sp³-hybridized carbons (Fsp3) is 0.130. The molecule has 4 aromatic rings. The number of halogens is 2. The molecule has 0 fully saturated rings. The Kier molecular flexibility index (Phi) is 8.36. The summed E-state index contributed by atoms with van der Waals surface area (Å²) in [6.45, 7) is 4.13. The Hall–Kier alpha value is -3.25. The third-order valence-electron chi connectivity index (χ3n) is 4.85. The number of carbonyl (C=O) groups excluding carboxylic acids is 1. The van der Waals surface area contributed by atoms with Crippen molar-refractivity contribution >= 4 is 63.0 Å². The summed E-state index contributed by atoms with van der Waals surface area (Å²) in [6, 6.07) is 11.4. The van der Waals surface area contributed by atoms with E-state index in [1.807, 2.05) is 0 Å². The highest BCUT2D eigenvalue weighted by molar-refractivity contribution is 7.99. The van der Waals surface area contributed by atoms with Gasteiger partial charge in [0.1, 0.15) is 0 Å². The third kappa shape index (κ3) is 6.30. The molecule has 0 radical (unpaired) electrons. The topological polar surface area (TPSA) is 116 Å². The van der Waals surface area contributed by atoms with Crippen molar-refractivity contribution in [1.82, 2.24) is 19.7 Å². The summed E-state index contributed by atoms with van der Waals surface area (Å²) in [4.78, 5) is 28.4. The number of nitro benzene ring substituents is 1. The summed E-state index contributed by atoms with van der Waals surface area (Å²) in [6.07, 6.45) is 3.90. The summed E-state index contributed by atoms with van der Waals surface area (Å²) in [5, 5.41) is 24.5. The number of nitrogens with zero attached hydrogens (tertiary/aromatic N) is 5. The molecule has 0 saturated carbocycles. The van der Waals surface area contributed by atoms with Gasteiger partial charge >= 0.3 is 0 Å². The lowest BCUT2D eigenvalue weighted by Gasteiger charge is -2.07. The van der Waals surface area contributed by atoms with E-state index in [1.165, 1.54) is 35.2 Å². The molecule has 2 aromatic carbocycles. The van der Waals surface area contributed by atoms with E-state index in [9.17, 15) is 14.9 Å². The zero-order valence-electron chi connectivity index (χ0n) is 18.6. The molecule has 0 aliphatic carbocycles. The van der Waals surface area contributed by atoms with Gasteiger partial charge in [0.25, 0.3) is 5.69 Å². The molecule has 2 heterocycles. The molecule has 1 N–H and O–H groups in total. The molecule has 0 saturated heterocycles. The molecule has 0 atom stereocenters. The van der Waals surface area contributed by atoms with Gasteiger partial charge in [0.2, 0.25) is 5.91 Å². The van der Waals surface area contributed by atoms with E-state index in [0.717, 1.165) is 10.4 Å². The SMILES string of the molecule is C=CCn1c(SCC(=O)Nc2ncc(Cc3cc(Cl)ccc3Cl)s2)nnc1-c1cccc([N+](=O)[O-])c1. The monoisotopic (exact) mass is 560 g/mol. The summed E-state index contributed by atoms with van der Waals surface area (Å²) in [7, 11) is 0. The van der Waals surface area contributed by atoms with Crippen molar-refractivity contribution < 1.29 is 9.72 Å². The molecule has 13 heteroatoms. The van der Waals surface area contributed by atoms with E-state index >= 15 is 0 Å². The standard InChI is InChI=1S/C23H18Cl2N6O3S2/c1-2-8-30-21(14-4-3-5-17(10-14)31(33)34)28-29-23(30)35-13-20(32)27-22-26-12-18(36-22)11-15-9-16(24)6-7-19(15)25/h2-7,9-10,12H,1,8,11,13H2,(H,26,27,32). The number of hydrogen-bond acceptors (Lipinski definition) is 8. The number of nitrogens with one attached hydrogen (secondary N) is 1. The number of non-ortho nitro benzene ring substituents is 1. The van der Waals surface area contributed by atoms with Crippen molar-refractivity contribution in [3.05, 3.63) is 91.9 Å². The minimum absolute atomic E-state index is 0.0466. The van der Waals surface area contributed by atoms with Gasteiger partial charge in [-0.1, -0.05) is 53.2 Å². The van der Waals surface area contributed by atoms with Crippen LogP contribution in [-0.4, -0.2) is 36.3 Å². The molecular formula is C23H18Cl2N6O3S2. The van der Waals surface area contributed by atoms with Crippen LogP contribution in [0.25, 0.3) is 11.4 Å². The van der Waals surface area contributed by atoms with E-state index in [4.69, 9.17) is 23.2 Å². The van der Waals surface area contributed by atoms with Gasteiger partial charge in [0, 0.05) is 51.8 Å². The summed E-state index contributed by atoms with van der Waals surface area (Å²) < 4.78 is 1.75. The summed E-state index contributed by atoms with van der Waals surface area (Å²) >= 11 is 14.8. The number of aromatic nitrogens is 4. The van der Waals surface area contributed by atoms with Crippen molar-refractivity contribution in [2.75, 3.05) is 11.1 Å². The molecule has 0 unspecified atom stereocenters. The first-order valence-electron chi connectivity index (χ1n) is 10.4. The van der Waals surface area contributed by atoms with Gasteiger partial charge in [-0.25, -0.2) is 4.98 Å². The molecule has 184 valence electrons. The van der Waals surface area contributed by atoms with Crippen molar-refractivity contribution in [1.29, 1.82) is 0 Å². The highest BCUT2D eigenvalue weighted by Gasteiger charge is 2.17. The number of amides is 1. The number of rotatable bonds is 10. The number of nitro groups is 1. The van der Waals surface area contributed by atoms with E-state index in [-0.39, 0.29) is 17.3 Å². The van der Waals surface area contributed by atoms with Gasteiger partial charge < -0.3 is 5.32 Å². The lowest BCUT2D eigenvalue weighted by atomic mass is 10.1. The van der Waals surface area contributed by atoms with E-state index in [0.29, 0.717) is 44.7 Å². The second-order valence-electron chi connectivity index (χ2n) is 7.39. The van der Waals surface area contributed by atoms with Crippen LogP contribution in [0.15, 0.2) is 66.5 Å². The van der Waals surface area contributed by atoms with Gasteiger partial charge in [-0.3, -0.25) is 19.5 Å². The molecule has 0 bridgehead atoms. The number of thiazole rings is 1.